The lowest BCUT2D eigenvalue weighted by molar-refractivity contribution is 0.654. The Morgan fingerprint density at radius 1 is 0.698 bits per heavy atom. The van der Waals surface area contributed by atoms with Gasteiger partial charge in [-0.1, -0.05) is 115 Å². The van der Waals surface area contributed by atoms with E-state index in [2.05, 4.69) is 166 Å². The van der Waals surface area contributed by atoms with Gasteiger partial charge in [-0.15, -0.1) is 0 Å². The number of benzene rings is 3. The number of para-hydroxylation sites is 2. The number of aromatic amines is 1. The van der Waals surface area contributed by atoms with Crippen LogP contribution in [0.25, 0.3) is 45.2 Å². The lowest BCUT2D eigenvalue weighted by atomic mass is 9.69. The third kappa shape index (κ3) is 5.01. The summed E-state index contributed by atoms with van der Waals surface area (Å²) in [5, 5.41) is 5.37. The molecule has 0 fully saturated rings. The van der Waals surface area contributed by atoms with Crippen LogP contribution in [-0.4, -0.2) is 15.6 Å². The molecule has 11 rings (SSSR count). The standard InChI is InChI=1S/C50H43N3/c1-3-11-33(12-4-1)34-19-25-38(26-20-34)52(37-13-5-2-6-14-37)39-27-21-35(22-28-39)36-23-29-40(30-24-36)53-48-18-10-8-16-42(48)49-44-31-43-41-15-7-9-17-46(41)51-47(43)32-45(44)50(49)53/h2-3,5-13,15-21,23,25-27,29,31-32,37,44-45,51H,1,4,14,22,24,28,30H2/t37?,44?,45-/m0/s1. The molecule has 0 saturated carbocycles. The normalized spacial score (nSPS) is 22.6. The average Bonchev–Trinajstić information content (AvgIpc) is 3.74. The molecule has 0 aliphatic heterocycles. The molecule has 5 aromatic rings. The third-order valence-electron chi connectivity index (χ3n) is 12.5. The average molecular weight is 686 g/mol. The smallest absolute Gasteiger partial charge is 0.0556 e. The monoisotopic (exact) mass is 685 g/mol. The van der Waals surface area contributed by atoms with Crippen LogP contribution in [0.1, 0.15) is 73.6 Å². The summed E-state index contributed by atoms with van der Waals surface area (Å²) in [5.74, 6) is 0.819. The molecule has 1 N–H and O–H groups in total. The molecule has 0 bridgehead atoms. The summed E-state index contributed by atoms with van der Waals surface area (Å²) in [4.78, 5) is 6.29. The van der Waals surface area contributed by atoms with Gasteiger partial charge in [0.25, 0.3) is 0 Å². The highest BCUT2D eigenvalue weighted by atomic mass is 15.2. The maximum absolute atomic E-state index is 3.71. The fourth-order valence-corrected chi connectivity index (χ4v) is 9.90. The fourth-order valence-electron chi connectivity index (χ4n) is 9.90. The van der Waals surface area contributed by atoms with E-state index in [1.807, 2.05) is 0 Å². The number of hydrogen-bond donors (Lipinski definition) is 1. The van der Waals surface area contributed by atoms with E-state index in [1.165, 1.54) is 83.0 Å². The Morgan fingerprint density at radius 3 is 2.30 bits per heavy atom. The predicted octanol–water partition coefficient (Wildman–Crippen LogP) is 10.9. The van der Waals surface area contributed by atoms with Gasteiger partial charge in [0.2, 0.25) is 0 Å². The molecular formula is C50H43N3. The van der Waals surface area contributed by atoms with Gasteiger partial charge in [-0.25, -0.2) is 0 Å². The summed E-state index contributed by atoms with van der Waals surface area (Å²) in [5.41, 5.74) is 15.3. The lowest BCUT2D eigenvalue weighted by Gasteiger charge is -2.37. The second-order valence-electron chi connectivity index (χ2n) is 15.4. The van der Waals surface area contributed by atoms with Crippen molar-refractivity contribution in [3.05, 3.63) is 184 Å². The predicted molar refractivity (Wildman–Crippen MR) is 223 cm³/mol. The molecule has 2 unspecified atom stereocenters. The van der Waals surface area contributed by atoms with Crippen molar-refractivity contribution in [2.24, 2.45) is 0 Å². The van der Waals surface area contributed by atoms with Gasteiger partial charge in [-0.3, -0.25) is 0 Å². The van der Waals surface area contributed by atoms with E-state index in [4.69, 9.17) is 0 Å². The Kier molecular flexibility index (Phi) is 7.21. The largest absolute Gasteiger partial charge is 0.355 e. The molecule has 2 aromatic heterocycles. The first-order chi connectivity index (χ1) is 26.3. The molecular weight excluding hydrogens is 643 g/mol. The van der Waals surface area contributed by atoms with E-state index in [-0.39, 0.29) is 0 Å². The fraction of sp³-hybridized carbons (Fsp3) is 0.200. The van der Waals surface area contributed by atoms with E-state index in [0.29, 0.717) is 17.9 Å². The van der Waals surface area contributed by atoms with Gasteiger partial charge in [-0.05, 0) is 109 Å². The van der Waals surface area contributed by atoms with Crippen LogP contribution in [0.3, 0.4) is 0 Å². The molecule has 0 saturated heterocycles. The Hall–Kier alpha value is -5.80. The van der Waals surface area contributed by atoms with Crippen LogP contribution in [0, 0.1) is 0 Å². The van der Waals surface area contributed by atoms with E-state index in [0.717, 1.165) is 44.9 Å². The zero-order valence-corrected chi connectivity index (χ0v) is 30.0. The van der Waals surface area contributed by atoms with Gasteiger partial charge < -0.3 is 14.5 Å². The van der Waals surface area contributed by atoms with E-state index in [9.17, 15) is 0 Å². The molecule has 53 heavy (non-hydrogen) atoms. The van der Waals surface area contributed by atoms with Gasteiger partial charge >= 0.3 is 0 Å². The van der Waals surface area contributed by atoms with Gasteiger partial charge in [0.1, 0.15) is 0 Å². The zero-order valence-electron chi connectivity index (χ0n) is 30.0. The first-order valence-electron chi connectivity index (χ1n) is 19.6. The van der Waals surface area contributed by atoms with Gasteiger partial charge in [-0.2, -0.15) is 0 Å². The molecule has 2 heterocycles. The lowest BCUT2D eigenvalue weighted by Crippen LogP contribution is -2.36. The number of fused-ring (bicyclic) bond motifs is 9. The van der Waals surface area contributed by atoms with E-state index >= 15 is 0 Å². The Balaban J connectivity index is 0.903. The first kappa shape index (κ1) is 30.8. The number of anilines is 1. The first-order valence-corrected chi connectivity index (χ1v) is 19.6. The minimum Gasteiger partial charge on any atom is -0.355 e. The van der Waals surface area contributed by atoms with Crippen LogP contribution < -0.4 is 15.5 Å². The summed E-state index contributed by atoms with van der Waals surface area (Å²) in [6, 6.07) is 27.4. The number of nitrogens with one attached hydrogen (secondary N) is 1. The van der Waals surface area contributed by atoms with Crippen LogP contribution in [0.2, 0.25) is 0 Å². The van der Waals surface area contributed by atoms with Crippen molar-refractivity contribution in [3.63, 3.8) is 0 Å². The van der Waals surface area contributed by atoms with Crippen LogP contribution in [0.4, 0.5) is 5.69 Å². The Labute approximate surface area is 311 Å². The molecule has 3 aromatic carbocycles. The van der Waals surface area contributed by atoms with Crippen LogP contribution in [0.5, 0.6) is 0 Å². The second-order valence-corrected chi connectivity index (χ2v) is 15.4. The topological polar surface area (TPSA) is 24.0 Å². The third-order valence-corrected chi connectivity index (χ3v) is 12.5. The molecule has 3 nitrogen and oxygen atoms in total. The number of aromatic nitrogens is 2. The van der Waals surface area contributed by atoms with Crippen molar-refractivity contribution in [3.8, 4) is 0 Å². The zero-order chi connectivity index (χ0) is 34.9. The van der Waals surface area contributed by atoms with Crippen LogP contribution >= 0.6 is 0 Å². The molecule has 0 spiro atoms. The highest BCUT2D eigenvalue weighted by Crippen LogP contribution is 2.55. The summed E-state index contributed by atoms with van der Waals surface area (Å²) < 4.78 is 2.61. The summed E-state index contributed by atoms with van der Waals surface area (Å²) in [7, 11) is 0. The van der Waals surface area contributed by atoms with Crippen LogP contribution in [0.15, 0.2) is 156 Å². The van der Waals surface area contributed by atoms with Crippen molar-refractivity contribution in [2.45, 2.75) is 62.8 Å². The maximum atomic E-state index is 3.71. The summed E-state index contributed by atoms with van der Waals surface area (Å²) in [6.07, 6.45) is 38.2. The number of nitrogens with zero attached hydrogens (tertiary/aromatic N) is 2. The molecule has 6 aliphatic rings. The second kappa shape index (κ2) is 12.4. The van der Waals surface area contributed by atoms with Crippen molar-refractivity contribution in [1.29, 1.82) is 0 Å². The molecule has 6 aliphatic carbocycles. The Bertz CT molecular complexity index is 2710. The van der Waals surface area contributed by atoms with E-state index < -0.39 is 0 Å². The van der Waals surface area contributed by atoms with Crippen molar-refractivity contribution in [1.82, 2.24) is 9.55 Å². The number of allylic oxidation sites excluding steroid dienone is 14. The number of H-pyrrole nitrogens is 1. The molecule has 3 atom stereocenters. The highest BCUT2D eigenvalue weighted by molar-refractivity contribution is 5.95. The Morgan fingerprint density at radius 2 is 1.53 bits per heavy atom. The van der Waals surface area contributed by atoms with Gasteiger partial charge in [0.15, 0.2) is 0 Å². The van der Waals surface area contributed by atoms with Crippen molar-refractivity contribution < 1.29 is 0 Å². The molecule has 258 valence electrons. The SMILES string of the molecule is C1=CCC(N(C2=CC=C(C3=CC=C(n4c5c(c6ccccc64)C4C=c6c([nH]c7ccccc67)=C[C@H]54)CC3)CC2)c2ccc(C3=CCCC=C3)cc2)C=C1. The number of hydrogen-bond acceptors (Lipinski definition) is 1. The van der Waals surface area contributed by atoms with Gasteiger partial charge in [0.05, 0.1) is 11.6 Å². The van der Waals surface area contributed by atoms with E-state index in [1.54, 1.807) is 0 Å². The quantitative estimate of drug-likeness (QED) is 0.189. The van der Waals surface area contributed by atoms with Crippen molar-refractivity contribution in [2.75, 3.05) is 4.90 Å². The number of rotatable bonds is 6. The summed E-state index contributed by atoms with van der Waals surface area (Å²) in [6.45, 7) is 0. The molecule has 0 radical (unpaired) electrons. The minimum atomic E-state index is 0.329. The molecule has 3 heteroatoms. The van der Waals surface area contributed by atoms with Gasteiger partial charge in [0, 0.05) is 61.5 Å². The highest BCUT2D eigenvalue weighted by Gasteiger charge is 2.42. The minimum absolute atomic E-state index is 0.329. The molecule has 0 amide bonds. The van der Waals surface area contributed by atoms with Crippen molar-refractivity contribution >= 4 is 50.9 Å². The maximum Gasteiger partial charge on any atom is 0.0556 e. The van der Waals surface area contributed by atoms with Crippen LogP contribution in [-0.2, 0) is 0 Å². The summed E-state index contributed by atoms with van der Waals surface area (Å²) >= 11 is 0.